The summed E-state index contributed by atoms with van der Waals surface area (Å²) in [5, 5.41) is 0. The van der Waals surface area contributed by atoms with Crippen molar-refractivity contribution < 1.29 is 0 Å². The maximum atomic E-state index is 2.52. The molecular weight excluding hydrogens is 372 g/mol. The van der Waals surface area contributed by atoms with Crippen molar-refractivity contribution in [3.63, 3.8) is 0 Å². The predicted octanol–water partition coefficient (Wildman–Crippen LogP) is 12.2. The van der Waals surface area contributed by atoms with Crippen LogP contribution < -0.4 is 0 Å². The molecule has 0 spiro atoms. The highest BCUT2D eigenvalue weighted by atomic mass is 14.2. The SMILES string of the molecule is CCCCCCCCCCCCCCC(C)(C)CCCCCCCCCCCCCC. The van der Waals surface area contributed by atoms with Crippen molar-refractivity contribution in [2.24, 2.45) is 5.41 Å². The van der Waals surface area contributed by atoms with Gasteiger partial charge in [0.25, 0.3) is 0 Å². The van der Waals surface area contributed by atoms with E-state index in [4.69, 9.17) is 0 Å². The second kappa shape index (κ2) is 24.6. The summed E-state index contributed by atoms with van der Waals surface area (Å²) in [6.45, 7) is 9.65. The maximum absolute atomic E-state index is 2.52. The van der Waals surface area contributed by atoms with Crippen LogP contribution in [0.2, 0.25) is 0 Å². The zero-order chi connectivity index (χ0) is 22.9. The first-order chi connectivity index (χ1) is 15.1. The number of hydrogen-bond donors (Lipinski definition) is 0. The quantitative estimate of drug-likeness (QED) is 0.118. The molecule has 0 heteroatoms. The fourth-order valence-electron chi connectivity index (χ4n) is 5.01. The minimum absolute atomic E-state index is 0.580. The van der Waals surface area contributed by atoms with E-state index in [0.29, 0.717) is 5.41 Å². The van der Waals surface area contributed by atoms with Crippen LogP contribution in [0.25, 0.3) is 0 Å². The molecule has 0 amide bonds. The van der Waals surface area contributed by atoms with E-state index < -0.39 is 0 Å². The lowest BCUT2D eigenvalue weighted by atomic mass is 9.81. The molecule has 31 heavy (non-hydrogen) atoms. The van der Waals surface area contributed by atoms with E-state index in [1.54, 1.807) is 0 Å². The molecule has 0 saturated heterocycles. The molecule has 0 rings (SSSR count). The van der Waals surface area contributed by atoms with Gasteiger partial charge in [-0.25, -0.2) is 0 Å². The molecule has 0 saturated carbocycles. The molecule has 0 aromatic rings. The first-order valence-electron chi connectivity index (χ1n) is 15.1. The molecule has 0 aromatic heterocycles. The molecular formula is C31H64. The van der Waals surface area contributed by atoms with Crippen molar-refractivity contribution in [1.82, 2.24) is 0 Å². The molecule has 0 N–H and O–H groups in total. The summed E-state index contributed by atoms with van der Waals surface area (Å²) in [6, 6.07) is 0. The van der Waals surface area contributed by atoms with Crippen LogP contribution in [0.4, 0.5) is 0 Å². The van der Waals surface area contributed by atoms with Crippen molar-refractivity contribution >= 4 is 0 Å². The molecule has 0 aliphatic heterocycles. The number of hydrogen-bond acceptors (Lipinski definition) is 0. The van der Waals surface area contributed by atoms with Crippen molar-refractivity contribution in [3.05, 3.63) is 0 Å². The van der Waals surface area contributed by atoms with Gasteiger partial charge >= 0.3 is 0 Å². The second-order valence-electron chi connectivity index (χ2n) is 11.4. The Bertz CT molecular complexity index is 286. The highest BCUT2D eigenvalue weighted by Crippen LogP contribution is 2.30. The summed E-state index contributed by atoms with van der Waals surface area (Å²) in [6.07, 6.45) is 38.0. The molecule has 0 aliphatic carbocycles. The van der Waals surface area contributed by atoms with E-state index in [1.807, 2.05) is 0 Å². The normalized spacial score (nSPS) is 12.0. The van der Waals surface area contributed by atoms with E-state index in [1.165, 1.54) is 167 Å². The van der Waals surface area contributed by atoms with Crippen LogP contribution in [-0.2, 0) is 0 Å². The fraction of sp³-hybridized carbons (Fsp3) is 1.00. The van der Waals surface area contributed by atoms with Gasteiger partial charge in [-0.05, 0) is 18.3 Å². The summed E-state index contributed by atoms with van der Waals surface area (Å²) >= 11 is 0. The smallest absolute Gasteiger partial charge is 0.0354 e. The fourth-order valence-corrected chi connectivity index (χ4v) is 5.01. The van der Waals surface area contributed by atoms with Crippen molar-refractivity contribution in [2.75, 3.05) is 0 Å². The summed E-state index contributed by atoms with van der Waals surface area (Å²) in [7, 11) is 0. The van der Waals surface area contributed by atoms with Gasteiger partial charge in [0.1, 0.15) is 0 Å². The van der Waals surface area contributed by atoms with Gasteiger partial charge in [0.2, 0.25) is 0 Å². The molecule has 0 aliphatic rings. The van der Waals surface area contributed by atoms with E-state index >= 15 is 0 Å². The van der Waals surface area contributed by atoms with Crippen molar-refractivity contribution in [1.29, 1.82) is 0 Å². The summed E-state index contributed by atoms with van der Waals surface area (Å²) < 4.78 is 0. The summed E-state index contributed by atoms with van der Waals surface area (Å²) in [5.74, 6) is 0. The number of unbranched alkanes of at least 4 members (excludes halogenated alkanes) is 22. The molecule has 0 nitrogen and oxygen atoms in total. The van der Waals surface area contributed by atoms with Crippen LogP contribution in [0.1, 0.15) is 195 Å². The predicted molar refractivity (Wildman–Crippen MR) is 145 cm³/mol. The summed E-state index contributed by atoms with van der Waals surface area (Å²) in [5.41, 5.74) is 0.580. The maximum Gasteiger partial charge on any atom is -0.0354 e. The van der Waals surface area contributed by atoms with E-state index in [-0.39, 0.29) is 0 Å². The Labute approximate surface area is 200 Å². The first-order valence-corrected chi connectivity index (χ1v) is 15.1. The van der Waals surface area contributed by atoms with Crippen LogP contribution in [0.15, 0.2) is 0 Å². The Balaban J connectivity index is 3.29. The Morgan fingerprint density at radius 2 is 0.484 bits per heavy atom. The highest BCUT2D eigenvalue weighted by Gasteiger charge is 2.16. The molecule has 0 atom stereocenters. The molecule has 0 radical (unpaired) electrons. The lowest BCUT2D eigenvalue weighted by Gasteiger charge is -2.24. The highest BCUT2D eigenvalue weighted by molar-refractivity contribution is 4.69. The Morgan fingerprint density at radius 1 is 0.290 bits per heavy atom. The van der Waals surface area contributed by atoms with Gasteiger partial charge in [-0.15, -0.1) is 0 Å². The lowest BCUT2D eigenvalue weighted by molar-refractivity contribution is 0.282. The zero-order valence-corrected chi connectivity index (χ0v) is 22.9. The monoisotopic (exact) mass is 437 g/mol. The van der Waals surface area contributed by atoms with Gasteiger partial charge in [0, 0.05) is 0 Å². The topological polar surface area (TPSA) is 0 Å². The van der Waals surface area contributed by atoms with Crippen molar-refractivity contribution in [2.45, 2.75) is 195 Å². The van der Waals surface area contributed by atoms with Crippen LogP contribution in [-0.4, -0.2) is 0 Å². The van der Waals surface area contributed by atoms with Crippen molar-refractivity contribution in [3.8, 4) is 0 Å². The zero-order valence-electron chi connectivity index (χ0n) is 22.9. The van der Waals surface area contributed by atoms with Crippen LogP contribution in [0.3, 0.4) is 0 Å². The van der Waals surface area contributed by atoms with Gasteiger partial charge in [-0.1, -0.05) is 182 Å². The van der Waals surface area contributed by atoms with Crippen LogP contribution in [0, 0.1) is 5.41 Å². The van der Waals surface area contributed by atoms with Gasteiger partial charge < -0.3 is 0 Å². The van der Waals surface area contributed by atoms with Crippen LogP contribution in [0.5, 0.6) is 0 Å². The minimum atomic E-state index is 0.580. The third-order valence-corrected chi connectivity index (χ3v) is 7.41. The van der Waals surface area contributed by atoms with E-state index in [9.17, 15) is 0 Å². The first kappa shape index (κ1) is 31.0. The van der Waals surface area contributed by atoms with E-state index in [0.717, 1.165) is 0 Å². The van der Waals surface area contributed by atoms with Gasteiger partial charge in [0.15, 0.2) is 0 Å². The number of rotatable bonds is 26. The molecule has 0 bridgehead atoms. The summed E-state index contributed by atoms with van der Waals surface area (Å²) in [4.78, 5) is 0. The largest absolute Gasteiger partial charge is 0.0654 e. The van der Waals surface area contributed by atoms with Crippen LogP contribution >= 0.6 is 0 Å². The van der Waals surface area contributed by atoms with Gasteiger partial charge in [-0.2, -0.15) is 0 Å². The second-order valence-corrected chi connectivity index (χ2v) is 11.4. The molecule has 0 heterocycles. The molecule has 0 fully saturated rings. The van der Waals surface area contributed by atoms with E-state index in [2.05, 4.69) is 27.7 Å². The lowest BCUT2D eigenvalue weighted by Crippen LogP contribution is -2.11. The molecule has 0 unspecified atom stereocenters. The average Bonchev–Trinajstić information content (AvgIpc) is 2.75. The Kier molecular flexibility index (Phi) is 24.6. The third kappa shape index (κ3) is 26.1. The Hall–Kier alpha value is 0. The minimum Gasteiger partial charge on any atom is -0.0654 e. The average molecular weight is 437 g/mol. The third-order valence-electron chi connectivity index (χ3n) is 7.41. The molecule has 0 aromatic carbocycles. The van der Waals surface area contributed by atoms with Gasteiger partial charge in [0.05, 0.1) is 0 Å². The van der Waals surface area contributed by atoms with Gasteiger partial charge in [-0.3, -0.25) is 0 Å². The standard InChI is InChI=1S/C31H64/c1-5-7-9-11-13-15-17-19-21-23-25-27-29-31(3,4)30-28-26-24-22-20-18-16-14-12-10-8-6-2/h5-30H2,1-4H3. The Morgan fingerprint density at radius 3 is 0.710 bits per heavy atom. The molecule has 188 valence electrons.